The van der Waals surface area contributed by atoms with Gasteiger partial charge in [0.05, 0.1) is 35.4 Å². The number of para-hydroxylation sites is 1. The Morgan fingerprint density at radius 2 is 1.79 bits per heavy atom. The minimum atomic E-state index is -0.495. The van der Waals surface area contributed by atoms with Gasteiger partial charge in [-0.05, 0) is 47.8 Å². The zero-order chi connectivity index (χ0) is 26.4. The largest absolute Gasteiger partial charge is 0.496 e. The zero-order valence-electron chi connectivity index (χ0n) is 20.7. The number of fused-ring (bicyclic) bond motifs is 3. The van der Waals surface area contributed by atoms with Crippen LogP contribution in [0.5, 0.6) is 11.5 Å². The quantitative estimate of drug-likeness (QED) is 0.287. The lowest BCUT2D eigenvalue weighted by molar-refractivity contribution is -0.385. The number of benzene rings is 3. The van der Waals surface area contributed by atoms with Crippen molar-refractivity contribution in [2.45, 2.75) is 18.9 Å². The summed E-state index contributed by atoms with van der Waals surface area (Å²) < 4.78 is 13.0. The van der Waals surface area contributed by atoms with Crippen LogP contribution in [0.15, 0.2) is 82.1 Å². The van der Waals surface area contributed by atoms with E-state index >= 15 is 0 Å². The molecule has 2 heterocycles. The van der Waals surface area contributed by atoms with Gasteiger partial charge in [-0.25, -0.2) is 4.99 Å². The van der Waals surface area contributed by atoms with E-state index in [2.05, 4.69) is 12.1 Å². The number of thiazole rings is 1. The summed E-state index contributed by atoms with van der Waals surface area (Å²) in [6, 6.07) is 20.3. The predicted molar refractivity (Wildman–Crippen MR) is 145 cm³/mol. The average Bonchev–Trinajstić information content (AvgIpc) is 3.25. The summed E-state index contributed by atoms with van der Waals surface area (Å²) in [6.45, 7) is 0. The topological polar surface area (TPSA) is 96.0 Å². The number of nitro benzene ring substituents is 1. The molecule has 1 aliphatic carbocycles. The first-order valence-corrected chi connectivity index (χ1v) is 12.9. The Balaban J connectivity index is 1.61. The van der Waals surface area contributed by atoms with Crippen LogP contribution in [-0.4, -0.2) is 23.7 Å². The maximum atomic E-state index is 13.9. The molecule has 1 atom stereocenters. The number of rotatable bonds is 5. The molecule has 1 aliphatic heterocycles. The third kappa shape index (κ3) is 3.83. The van der Waals surface area contributed by atoms with E-state index in [4.69, 9.17) is 14.5 Å². The third-order valence-electron chi connectivity index (χ3n) is 7.00. The number of aryl methyl sites for hydroxylation is 1. The Hall–Kier alpha value is -4.50. The van der Waals surface area contributed by atoms with Crippen LogP contribution < -0.4 is 24.4 Å². The van der Waals surface area contributed by atoms with E-state index in [9.17, 15) is 14.9 Å². The van der Waals surface area contributed by atoms with E-state index in [1.807, 2.05) is 36.4 Å². The molecule has 6 rings (SSSR count). The summed E-state index contributed by atoms with van der Waals surface area (Å²) >= 11 is 1.28. The molecule has 8 nitrogen and oxygen atoms in total. The van der Waals surface area contributed by atoms with E-state index in [0.717, 1.165) is 35.2 Å². The first-order chi connectivity index (χ1) is 18.5. The average molecular weight is 526 g/mol. The Morgan fingerprint density at radius 3 is 2.58 bits per heavy atom. The fourth-order valence-corrected chi connectivity index (χ4v) is 6.28. The molecule has 1 aromatic heterocycles. The molecule has 190 valence electrons. The molecule has 0 fully saturated rings. The fourth-order valence-electron chi connectivity index (χ4n) is 5.28. The molecule has 0 N–H and O–H groups in total. The Bertz CT molecular complexity index is 1820. The second-order valence-corrected chi connectivity index (χ2v) is 10.1. The molecule has 0 spiro atoms. The maximum Gasteiger partial charge on any atom is 0.311 e. The summed E-state index contributed by atoms with van der Waals surface area (Å²) in [4.78, 5) is 30.5. The third-order valence-corrected chi connectivity index (χ3v) is 7.99. The van der Waals surface area contributed by atoms with E-state index in [1.165, 1.54) is 36.1 Å². The van der Waals surface area contributed by atoms with Gasteiger partial charge in [0.2, 0.25) is 0 Å². The van der Waals surface area contributed by atoms with Gasteiger partial charge in [0.1, 0.15) is 5.75 Å². The highest BCUT2D eigenvalue weighted by atomic mass is 32.1. The molecule has 38 heavy (non-hydrogen) atoms. The summed E-state index contributed by atoms with van der Waals surface area (Å²) in [5, 5.41) is 11.5. The molecule has 9 heteroatoms. The highest BCUT2D eigenvalue weighted by molar-refractivity contribution is 7.07. The van der Waals surface area contributed by atoms with Crippen molar-refractivity contribution in [3.63, 3.8) is 0 Å². The number of hydrogen-bond acceptors (Lipinski definition) is 7. The van der Waals surface area contributed by atoms with Crippen molar-refractivity contribution in [3.05, 3.63) is 124 Å². The molecule has 0 bridgehead atoms. The van der Waals surface area contributed by atoms with Crippen molar-refractivity contribution in [1.29, 1.82) is 0 Å². The van der Waals surface area contributed by atoms with Crippen molar-refractivity contribution < 1.29 is 14.4 Å². The summed E-state index contributed by atoms with van der Waals surface area (Å²) in [5.41, 5.74) is 5.36. The Morgan fingerprint density at radius 1 is 1.03 bits per heavy atom. The van der Waals surface area contributed by atoms with Gasteiger partial charge >= 0.3 is 5.69 Å². The molecule has 2 aliphatic rings. The van der Waals surface area contributed by atoms with E-state index < -0.39 is 4.92 Å². The summed E-state index contributed by atoms with van der Waals surface area (Å²) in [7, 11) is 3.02. The van der Waals surface area contributed by atoms with Crippen LogP contribution >= 0.6 is 11.3 Å². The van der Waals surface area contributed by atoms with E-state index in [0.29, 0.717) is 20.6 Å². The van der Waals surface area contributed by atoms with Gasteiger partial charge < -0.3 is 9.47 Å². The van der Waals surface area contributed by atoms with Crippen LogP contribution in [0, 0.1) is 10.1 Å². The Kier molecular flexibility index (Phi) is 5.92. The van der Waals surface area contributed by atoms with Crippen molar-refractivity contribution in [2.24, 2.45) is 4.99 Å². The number of ether oxygens (including phenoxy) is 2. The highest BCUT2D eigenvalue weighted by Crippen LogP contribution is 2.43. The number of nitrogens with zero attached hydrogens (tertiary/aromatic N) is 3. The van der Waals surface area contributed by atoms with Gasteiger partial charge in [-0.3, -0.25) is 19.5 Å². The van der Waals surface area contributed by atoms with Crippen LogP contribution in [0.25, 0.3) is 11.8 Å². The predicted octanol–water partition coefficient (Wildman–Crippen LogP) is 4.24. The van der Waals surface area contributed by atoms with Gasteiger partial charge in [-0.2, -0.15) is 0 Å². The number of nitro groups is 1. The summed E-state index contributed by atoms with van der Waals surface area (Å²) in [6.07, 6.45) is 3.30. The number of hydrogen-bond donors (Lipinski definition) is 0. The molecule has 3 aromatic carbocycles. The molecule has 0 radical (unpaired) electrons. The molecule has 4 aromatic rings. The monoisotopic (exact) mass is 525 g/mol. The number of aromatic nitrogens is 1. The molecule has 0 saturated heterocycles. The molecular weight excluding hydrogens is 502 g/mol. The lowest BCUT2D eigenvalue weighted by atomic mass is 9.83. The normalized spacial score (nSPS) is 16.3. The van der Waals surface area contributed by atoms with Crippen LogP contribution in [0.1, 0.15) is 34.7 Å². The molecule has 0 unspecified atom stereocenters. The number of methoxy groups -OCH3 is 2. The van der Waals surface area contributed by atoms with E-state index in [1.54, 1.807) is 23.8 Å². The second-order valence-electron chi connectivity index (χ2n) is 9.04. The van der Waals surface area contributed by atoms with Gasteiger partial charge in [0.15, 0.2) is 10.6 Å². The Labute approximate surface area is 221 Å². The summed E-state index contributed by atoms with van der Waals surface area (Å²) in [5.74, 6) is 0.863. The minimum absolute atomic E-state index is 0.159. The number of allylic oxidation sites excluding steroid dienone is 1. The molecule has 0 saturated carbocycles. The zero-order valence-corrected chi connectivity index (χ0v) is 21.5. The van der Waals surface area contributed by atoms with Crippen LogP contribution in [0.3, 0.4) is 0 Å². The van der Waals surface area contributed by atoms with Crippen molar-refractivity contribution in [2.75, 3.05) is 14.2 Å². The van der Waals surface area contributed by atoms with Crippen molar-refractivity contribution in [3.8, 4) is 11.5 Å². The van der Waals surface area contributed by atoms with Crippen LogP contribution in [-0.2, 0) is 6.42 Å². The minimum Gasteiger partial charge on any atom is -0.496 e. The van der Waals surface area contributed by atoms with Crippen LogP contribution in [0.2, 0.25) is 0 Å². The first-order valence-electron chi connectivity index (χ1n) is 12.1. The van der Waals surface area contributed by atoms with Crippen molar-refractivity contribution >= 4 is 28.8 Å². The lowest BCUT2D eigenvalue weighted by Gasteiger charge is -2.31. The maximum absolute atomic E-state index is 13.9. The smallest absolute Gasteiger partial charge is 0.311 e. The van der Waals surface area contributed by atoms with Gasteiger partial charge in [-0.1, -0.05) is 59.9 Å². The van der Waals surface area contributed by atoms with Gasteiger partial charge in [0, 0.05) is 17.2 Å². The molecule has 0 amide bonds. The van der Waals surface area contributed by atoms with E-state index in [-0.39, 0.29) is 23.0 Å². The standard InChI is InChI=1S/C29H23N3O5S/c1-36-23-10-6-5-9-20(23)27-21-13-12-18-7-3-4-8-19(18)26(21)30-29-31(27)28(33)25(38-29)16-17-11-14-24(37-2)22(15-17)32(34)35/h3-11,14-16,27H,12-13H2,1-2H3/b25-16-/t27-/m1/s1. The fraction of sp³-hybridized carbons (Fsp3) is 0.172. The lowest BCUT2D eigenvalue weighted by Crippen LogP contribution is -2.39. The highest BCUT2D eigenvalue weighted by Gasteiger charge is 2.34. The SMILES string of the molecule is COc1ccccc1[C@@H]1C2=C(N=c3s/c(=C\c4ccc(OC)c([N+](=O)[O-])c4)c(=O)n31)c1ccccc1CC2. The first kappa shape index (κ1) is 23.9. The van der Waals surface area contributed by atoms with Gasteiger partial charge in [0.25, 0.3) is 5.56 Å². The molecular formula is C29H23N3O5S. The van der Waals surface area contributed by atoms with Crippen molar-refractivity contribution in [1.82, 2.24) is 4.57 Å². The second kappa shape index (κ2) is 9.42. The van der Waals surface area contributed by atoms with Crippen LogP contribution in [0.4, 0.5) is 5.69 Å². The van der Waals surface area contributed by atoms with Gasteiger partial charge in [-0.15, -0.1) is 0 Å².